The van der Waals surface area contributed by atoms with Crippen LogP contribution in [0.1, 0.15) is 11.1 Å². The number of benzene rings is 1. The normalized spacial score (nSPS) is 17.1. The van der Waals surface area contributed by atoms with Crippen molar-refractivity contribution in [3.63, 3.8) is 0 Å². The van der Waals surface area contributed by atoms with Gasteiger partial charge in [-0.1, -0.05) is 30.0 Å². The molecule has 118 valence electrons. The van der Waals surface area contributed by atoms with Crippen molar-refractivity contribution in [1.29, 1.82) is 0 Å². The second kappa shape index (κ2) is 7.28. The van der Waals surface area contributed by atoms with Crippen molar-refractivity contribution in [2.45, 2.75) is 18.1 Å². The van der Waals surface area contributed by atoms with Gasteiger partial charge in [0.15, 0.2) is 0 Å². The minimum absolute atomic E-state index is 0.211. The molecule has 1 aliphatic heterocycles. The van der Waals surface area contributed by atoms with Crippen LogP contribution in [0.25, 0.3) is 0 Å². The second-order valence-electron chi connectivity index (χ2n) is 5.19. The van der Waals surface area contributed by atoms with Crippen molar-refractivity contribution in [3.05, 3.63) is 59.9 Å². The highest BCUT2D eigenvalue weighted by Gasteiger charge is 2.31. The molecule has 1 N–H and O–H groups in total. The fourth-order valence-corrected chi connectivity index (χ4v) is 3.16. The van der Waals surface area contributed by atoms with Crippen LogP contribution in [0, 0.1) is 0 Å². The monoisotopic (exact) mass is 328 g/mol. The fraction of sp³-hybridized carbons (Fsp3) is 0.235. The van der Waals surface area contributed by atoms with Gasteiger partial charge in [-0.05, 0) is 35.7 Å². The Morgan fingerprint density at radius 3 is 2.61 bits per heavy atom. The average Bonchev–Trinajstić information content (AvgIpc) is 2.88. The maximum Gasteiger partial charge on any atom is 0.286 e. The smallest absolute Gasteiger partial charge is 0.286 e. The van der Waals surface area contributed by atoms with Crippen LogP contribution in [0.5, 0.6) is 5.75 Å². The standard InChI is InChI=1S/C17H16N2O3S/c20-16-15(23-17(21)19-16)10-12-3-5-14(6-4-12)22-9-7-13-2-1-8-18-11-13/h1-6,8,11,15H,7,9-10H2,(H,19,20,21). The Bertz CT molecular complexity index is 689. The summed E-state index contributed by atoms with van der Waals surface area (Å²) in [6.07, 6.45) is 4.92. The van der Waals surface area contributed by atoms with E-state index in [9.17, 15) is 9.59 Å². The molecule has 1 saturated heterocycles. The SMILES string of the molecule is O=C1NC(=O)C(Cc2ccc(OCCc3cccnc3)cc2)S1. The van der Waals surface area contributed by atoms with Crippen LogP contribution in [-0.4, -0.2) is 28.0 Å². The Hall–Kier alpha value is -2.34. The summed E-state index contributed by atoms with van der Waals surface area (Å²) in [5.41, 5.74) is 2.14. The second-order valence-corrected chi connectivity index (χ2v) is 6.37. The molecule has 2 aromatic rings. The highest BCUT2D eigenvalue weighted by atomic mass is 32.2. The summed E-state index contributed by atoms with van der Waals surface area (Å²) in [7, 11) is 0. The summed E-state index contributed by atoms with van der Waals surface area (Å²) in [5, 5.41) is 1.70. The van der Waals surface area contributed by atoms with E-state index >= 15 is 0 Å². The summed E-state index contributed by atoms with van der Waals surface area (Å²) in [6, 6.07) is 11.6. The molecule has 0 aliphatic carbocycles. The molecule has 1 aliphatic rings. The third-order valence-corrected chi connectivity index (χ3v) is 4.48. The van der Waals surface area contributed by atoms with E-state index in [1.54, 1.807) is 6.20 Å². The van der Waals surface area contributed by atoms with Gasteiger partial charge >= 0.3 is 0 Å². The summed E-state index contributed by atoms with van der Waals surface area (Å²) in [4.78, 5) is 26.8. The van der Waals surface area contributed by atoms with Gasteiger partial charge in [0.05, 0.1) is 11.9 Å². The number of nitrogens with one attached hydrogen (secondary N) is 1. The van der Waals surface area contributed by atoms with Crippen LogP contribution < -0.4 is 10.1 Å². The van der Waals surface area contributed by atoms with Gasteiger partial charge in [0.25, 0.3) is 5.24 Å². The van der Waals surface area contributed by atoms with E-state index in [-0.39, 0.29) is 16.4 Å². The van der Waals surface area contributed by atoms with Crippen LogP contribution in [0.4, 0.5) is 4.79 Å². The minimum atomic E-state index is -0.333. The summed E-state index contributed by atoms with van der Waals surface area (Å²) in [5.74, 6) is 0.578. The van der Waals surface area contributed by atoms with Gasteiger partial charge in [0.2, 0.25) is 5.91 Å². The van der Waals surface area contributed by atoms with Crippen LogP contribution in [0.3, 0.4) is 0 Å². The number of hydrogen-bond donors (Lipinski definition) is 1. The van der Waals surface area contributed by atoms with E-state index in [0.717, 1.165) is 35.1 Å². The first-order chi connectivity index (χ1) is 11.2. The van der Waals surface area contributed by atoms with E-state index in [4.69, 9.17) is 4.74 Å². The van der Waals surface area contributed by atoms with Crippen molar-refractivity contribution >= 4 is 22.9 Å². The molecule has 0 radical (unpaired) electrons. The quantitative estimate of drug-likeness (QED) is 0.883. The van der Waals surface area contributed by atoms with Gasteiger partial charge in [-0.3, -0.25) is 19.9 Å². The molecule has 2 heterocycles. The van der Waals surface area contributed by atoms with Crippen LogP contribution in [-0.2, 0) is 17.6 Å². The lowest BCUT2D eigenvalue weighted by Gasteiger charge is -2.08. The molecule has 0 bridgehead atoms. The van der Waals surface area contributed by atoms with Crippen LogP contribution in [0.2, 0.25) is 0 Å². The number of ether oxygens (including phenoxy) is 1. The first kappa shape index (κ1) is 15.6. The van der Waals surface area contributed by atoms with Crippen LogP contribution in [0.15, 0.2) is 48.8 Å². The molecule has 5 nitrogen and oxygen atoms in total. The molecular formula is C17H16N2O3S. The molecule has 1 fully saturated rings. The number of amides is 2. The highest BCUT2D eigenvalue weighted by Crippen LogP contribution is 2.23. The molecule has 1 unspecified atom stereocenters. The molecule has 1 aromatic carbocycles. The predicted molar refractivity (Wildman–Crippen MR) is 88.5 cm³/mol. The molecular weight excluding hydrogens is 312 g/mol. The summed E-state index contributed by atoms with van der Waals surface area (Å²) < 4.78 is 5.71. The van der Waals surface area contributed by atoms with Gasteiger partial charge in [0.1, 0.15) is 5.75 Å². The van der Waals surface area contributed by atoms with E-state index in [1.807, 2.05) is 42.6 Å². The van der Waals surface area contributed by atoms with E-state index < -0.39 is 0 Å². The molecule has 2 amide bonds. The number of aromatic nitrogens is 1. The van der Waals surface area contributed by atoms with Crippen molar-refractivity contribution in [2.24, 2.45) is 0 Å². The minimum Gasteiger partial charge on any atom is -0.493 e. The molecule has 23 heavy (non-hydrogen) atoms. The number of nitrogens with zero attached hydrogens (tertiary/aromatic N) is 1. The number of rotatable bonds is 6. The molecule has 3 rings (SSSR count). The van der Waals surface area contributed by atoms with Gasteiger partial charge < -0.3 is 4.74 Å². The number of carbonyl (C=O) groups is 2. The Balaban J connectivity index is 1.49. The molecule has 0 saturated carbocycles. The number of hydrogen-bond acceptors (Lipinski definition) is 5. The lowest BCUT2D eigenvalue weighted by Crippen LogP contribution is -2.25. The van der Waals surface area contributed by atoms with E-state index in [1.165, 1.54) is 0 Å². The number of imide groups is 1. The maximum atomic E-state index is 11.5. The lowest BCUT2D eigenvalue weighted by atomic mass is 10.1. The van der Waals surface area contributed by atoms with Gasteiger partial charge in [-0.15, -0.1) is 0 Å². The maximum absolute atomic E-state index is 11.5. The largest absolute Gasteiger partial charge is 0.493 e. The van der Waals surface area contributed by atoms with Crippen molar-refractivity contribution in [1.82, 2.24) is 10.3 Å². The summed E-state index contributed by atoms with van der Waals surface area (Å²) in [6.45, 7) is 0.584. The summed E-state index contributed by atoms with van der Waals surface area (Å²) >= 11 is 1.05. The predicted octanol–water partition coefficient (Wildman–Crippen LogP) is 2.60. The Labute approximate surface area is 138 Å². The van der Waals surface area contributed by atoms with Crippen molar-refractivity contribution in [2.75, 3.05) is 6.61 Å². The van der Waals surface area contributed by atoms with E-state index in [2.05, 4.69) is 10.3 Å². The fourth-order valence-electron chi connectivity index (χ4n) is 2.30. The first-order valence-corrected chi connectivity index (χ1v) is 8.21. The molecule has 0 spiro atoms. The zero-order chi connectivity index (χ0) is 16.1. The Kier molecular flexibility index (Phi) is 4.92. The number of pyridine rings is 1. The van der Waals surface area contributed by atoms with Gasteiger partial charge in [-0.25, -0.2) is 0 Å². The molecule has 1 aromatic heterocycles. The van der Waals surface area contributed by atoms with Crippen molar-refractivity contribution < 1.29 is 14.3 Å². The Morgan fingerprint density at radius 2 is 1.96 bits per heavy atom. The van der Waals surface area contributed by atoms with Crippen molar-refractivity contribution in [3.8, 4) is 5.75 Å². The number of carbonyl (C=O) groups excluding carboxylic acids is 2. The van der Waals surface area contributed by atoms with E-state index in [0.29, 0.717) is 13.0 Å². The van der Waals surface area contributed by atoms with Gasteiger partial charge in [-0.2, -0.15) is 0 Å². The zero-order valence-electron chi connectivity index (χ0n) is 12.4. The highest BCUT2D eigenvalue weighted by molar-refractivity contribution is 8.15. The zero-order valence-corrected chi connectivity index (χ0v) is 13.2. The van der Waals surface area contributed by atoms with Crippen LogP contribution >= 0.6 is 11.8 Å². The third kappa shape index (κ3) is 4.32. The third-order valence-electron chi connectivity index (χ3n) is 3.49. The Morgan fingerprint density at radius 1 is 1.13 bits per heavy atom. The lowest BCUT2D eigenvalue weighted by molar-refractivity contribution is -0.118. The molecule has 6 heteroatoms. The topological polar surface area (TPSA) is 68.3 Å². The first-order valence-electron chi connectivity index (χ1n) is 7.33. The van der Waals surface area contributed by atoms with Gasteiger partial charge in [0, 0.05) is 18.8 Å². The average molecular weight is 328 g/mol. The number of thioether (sulfide) groups is 1. The molecule has 1 atom stereocenters.